The van der Waals surface area contributed by atoms with Gasteiger partial charge in [0.25, 0.3) is 0 Å². The number of rotatable bonds is 5. The first kappa shape index (κ1) is 17.2. The van der Waals surface area contributed by atoms with Crippen LogP contribution in [0.25, 0.3) is 0 Å². The van der Waals surface area contributed by atoms with Gasteiger partial charge in [0.15, 0.2) is 0 Å². The van der Waals surface area contributed by atoms with Crippen LogP contribution in [-0.2, 0) is 16.4 Å². The minimum atomic E-state index is -3.11. The predicted octanol–water partition coefficient (Wildman–Crippen LogP) is 1.44. The van der Waals surface area contributed by atoms with Crippen LogP contribution in [0.15, 0.2) is 24.3 Å². The third-order valence-electron chi connectivity index (χ3n) is 5.02. The van der Waals surface area contributed by atoms with E-state index in [1.165, 1.54) is 15.4 Å². The minimum Gasteiger partial charge on any atom is -0.338 e. The summed E-state index contributed by atoms with van der Waals surface area (Å²) in [7, 11) is -3.11. The molecule has 132 valence electrons. The van der Waals surface area contributed by atoms with Gasteiger partial charge in [0.05, 0.1) is 5.75 Å². The zero-order valence-electron chi connectivity index (χ0n) is 14.0. The van der Waals surface area contributed by atoms with Crippen molar-refractivity contribution in [2.45, 2.75) is 38.1 Å². The van der Waals surface area contributed by atoms with Crippen molar-refractivity contribution in [1.29, 1.82) is 0 Å². The van der Waals surface area contributed by atoms with Crippen molar-refractivity contribution in [3.8, 4) is 0 Å². The summed E-state index contributed by atoms with van der Waals surface area (Å²) >= 11 is 0. The highest BCUT2D eigenvalue weighted by molar-refractivity contribution is 7.89. The molecule has 6 nitrogen and oxygen atoms in total. The number of nitrogens with one attached hydrogen (secondary N) is 2. The van der Waals surface area contributed by atoms with E-state index >= 15 is 0 Å². The zero-order chi connectivity index (χ0) is 17.2. The molecule has 0 radical (unpaired) electrons. The Balaban J connectivity index is 1.39. The summed E-state index contributed by atoms with van der Waals surface area (Å²) < 4.78 is 25.2. The lowest BCUT2D eigenvalue weighted by Gasteiger charge is -2.32. The van der Waals surface area contributed by atoms with Crippen LogP contribution in [-0.4, -0.2) is 50.2 Å². The van der Waals surface area contributed by atoms with Crippen molar-refractivity contribution in [2.24, 2.45) is 0 Å². The average Bonchev–Trinajstić information content (AvgIpc) is 2.56. The maximum atomic E-state index is 12.0. The van der Waals surface area contributed by atoms with Crippen molar-refractivity contribution in [3.63, 3.8) is 0 Å². The second-order valence-corrected chi connectivity index (χ2v) is 8.79. The van der Waals surface area contributed by atoms with E-state index in [4.69, 9.17) is 0 Å². The first-order valence-electron chi connectivity index (χ1n) is 8.59. The fourth-order valence-electron chi connectivity index (χ4n) is 3.46. The van der Waals surface area contributed by atoms with E-state index in [0.29, 0.717) is 38.4 Å². The van der Waals surface area contributed by atoms with Gasteiger partial charge in [-0.2, -0.15) is 0 Å². The van der Waals surface area contributed by atoms with E-state index in [1.807, 2.05) is 12.1 Å². The van der Waals surface area contributed by atoms with Crippen molar-refractivity contribution in [2.75, 3.05) is 25.4 Å². The molecule has 2 aliphatic rings. The van der Waals surface area contributed by atoms with Gasteiger partial charge in [0, 0.05) is 31.6 Å². The van der Waals surface area contributed by atoms with Gasteiger partial charge in [-0.1, -0.05) is 24.3 Å². The first-order chi connectivity index (χ1) is 11.5. The third-order valence-corrected chi connectivity index (χ3v) is 6.90. The second kappa shape index (κ2) is 7.11. The number of benzene rings is 1. The monoisotopic (exact) mass is 351 g/mol. The molecule has 1 unspecified atom stereocenters. The molecular weight excluding hydrogens is 326 g/mol. The number of piperidine rings is 1. The maximum Gasteiger partial charge on any atom is 0.315 e. The Hall–Kier alpha value is -1.60. The summed E-state index contributed by atoms with van der Waals surface area (Å²) in [6.45, 7) is 3.27. The summed E-state index contributed by atoms with van der Waals surface area (Å²) in [6, 6.07) is 8.21. The fraction of sp³-hybridized carbons (Fsp3) is 0.588. The molecule has 0 bridgehead atoms. The Morgan fingerprint density at radius 3 is 2.62 bits per heavy atom. The number of hydrogen-bond acceptors (Lipinski definition) is 3. The molecule has 0 aromatic heterocycles. The standard InChI is InChI=1S/C17H25N3O3S/c1-2-24(22,23)20-9-7-15(8-10-20)19-17(21)18-12-14-11-13-5-3-4-6-16(13)14/h3-6,14-15H,2,7-12H2,1H3,(H2,18,19,21). The lowest BCUT2D eigenvalue weighted by molar-refractivity contribution is 0.226. The molecule has 1 saturated heterocycles. The molecular formula is C17H25N3O3S. The van der Waals surface area contributed by atoms with Crippen LogP contribution < -0.4 is 10.6 Å². The number of nitrogens with zero attached hydrogens (tertiary/aromatic N) is 1. The van der Waals surface area contributed by atoms with Crippen molar-refractivity contribution in [3.05, 3.63) is 35.4 Å². The molecule has 0 spiro atoms. The van der Waals surface area contributed by atoms with Crippen LogP contribution in [0.5, 0.6) is 0 Å². The SMILES string of the molecule is CCS(=O)(=O)N1CCC(NC(=O)NCC2Cc3ccccc32)CC1. The van der Waals surface area contributed by atoms with Gasteiger partial charge in [0.2, 0.25) is 10.0 Å². The molecule has 2 amide bonds. The van der Waals surface area contributed by atoms with Gasteiger partial charge in [0.1, 0.15) is 0 Å². The number of hydrogen-bond donors (Lipinski definition) is 2. The van der Waals surface area contributed by atoms with Crippen molar-refractivity contribution in [1.82, 2.24) is 14.9 Å². The van der Waals surface area contributed by atoms with Crippen LogP contribution in [0.1, 0.15) is 36.8 Å². The van der Waals surface area contributed by atoms with Crippen LogP contribution >= 0.6 is 0 Å². The molecule has 1 aliphatic heterocycles. The molecule has 1 atom stereocenters. The Bertz CT molecular complexity index is 697. The highest BCUT2D eigenvalue weighted by Crippen LogP contribution is 2.33. The quantitative estimate of drug-likeness (QED) is 0.842. The summed E-state index contributed by atoms with van der Waals surface area (Å²) in [5, 5.41) is 5.91. The number of carbonyl (C=O) groups is 1. The fourth-order valence-corrected chi connectivity index (χ4v) is 4.59. The van der Waals surface area contributed by atoms with Crippen LogP contribution in [0.4, 0.5) is 4.79 Å². The van der Waals surface area contributed by atoms with Gasteiger partial charge in [-0.15, -0.1) is 0 Å². The predicted molar refractivity (Wildman–Crippen MR) is 93.5 cm³/mol. The summed E-state index contributed by atoms with van der Waals surface area (Å²) in [4.78, 5) is 12.0. The second-order valence-electron chi connectivity index (χ2n) is 6.53. The molecule has 1 aromatic rings. The molecule has 3 rings (SSSR count). The molecule has 0 saturated carbocycles. The van der Waals surface area contributed by atoms with E-state index in [2.05, 4.69) is 22.8 Å². The van der Waals surface area contributed by atoms with E-state index in [0.717, 1.165) is 6.42 Å². The molecule has 7 heteroatoms. The minimum absolute atomic E-state index is 0.0435. The van der Waals surface area contributed by atoms with E-state index in [-0.39, 0.29) is 17.8 Å². The molecule has 1 aliphatic carbocycles. The van der Waals surface area contributed by atoms with Crippen molar-refractivity contribution >= 4 is 16.1 Å². The highest BCUT2D eigenvalue weighted by atomic mass is 32.2. The maximum absolute atomic E-state index is 12.0. The smallest absolute Gasteiger partial charge is 0.315 e. The molecule has 1 aromatic carbocycles. The molecule has 1 fully saturated rings. The average molecular weight is 351 g/mol. The van der Waals surface area contributed by atoms with Crippen LogP contribution in [0.3, 0.4) is 0 Å². The van der Waals surface area contributed by atoms with E-state index in [1.54, 1.807) is 6.92 Å². The number of fused-ring (bicyclic) bond motifs is 1. The Kier molecular flexibility index (Phi) is 5.10. The van der Waals surface area contributed by atoms with Gasteiger partial charge in [-0.05, 0) is 37.3 Å². The number of amides is 2. The van der Waals surface area contributed by atoms with E-state index in [9.17, 15) is 13.2 Å². The summed E-state index contributed by atoms with van der Waals surface area (Å²) in [6.07, 6.45) is 2.35. The van der Waals surface area contributed by atoms with Crippen molar-refractivity contribution < 1.29 is 13.2 Å². The third kappa shape index (κ3) is 3.72. The van der Waals surface area contributed by atoms with E-state index < -0.39 is 10.0 Å². The Morgan fingerprint density at radius 1 is 1.25 bits per heavy atom. The largest absolute Gasteiger partial charge is 0.338 e. The number of carbonyl (C=O) groups excluding carboxylic acids is 1. The zero-order valence-corrected chi connectivity index (χ0v) is 14.8. The van der Waals surface area contributed by atoms with Gasteiger partial charge >= 0.3 is 6.03 Å². The van der Waals surface area contributed by atoms with Crippen LogP contribution in [0.2, 0.25) is 0 Å². The lowest BCUT2D eigenvalue weighted by Crippen LogP contribution is -2.50. The Labute approximate surface area is 143 Å². The Morgan fingerprint density at radius 2 is 1.96 bits per heavy atom. The number of sulfonamides is 1. The first-order valence-corrected chi connectivity index (χ1v) is 10.2. The molecule has 1 heterocycles. The number of urea groups is 1. The molecule has 24 heavy (non-hydrogen) atoms. The lowest BCUT2D eigenvalue weighted by atomic mass is 9.78. The normalized spacial score (nSPS) is 21.6. The van der Waals surface area contributed by atoms with Gasteiger partial charge in [-0.25, -0.2) is 17.5 Å². The highest BCUT2D eigenvalue weighted by Gasteiger charge is 2.28. The molecule has 2 N–H and O–H groups in total. The van der Waals surface area contributed by atoms with Gasteiger partial charge in [-0.3, -0.25) is 0 Å². The van der Waals surface area contributed by atoms with Gasteiger partial charge < -0.3 is 10.6 Å². The summed E-state index contributed by atoms with van der Waals surface area (Å²) in [5.41, 5.74) is 2.70. The van der Waals surface area contributed by atoms with Crippen LogP contribution in [0, 0.1) is 0 Å². The topological polar surface area (TPSA) is 78.5 Å². The summed E-state index contributed by atoms with van der Waals surface area (Å²) in [5.74, 6) is 0.539.